The van der Waals surface area contributed by atoms with E-state index in [4.69, 9.17) is 4.89 Å². The third-order valence-electron chi connectivity index (χ3n) is 0.365. The van der Waals surface area contributed by atoms with Gasteiger partial charge in [0.2, 0.25) is 8.03 Å². The van der Waals surface area contributed by atoms with Gasteiger partial charge in [-0.25, -0.2) is 0 Å². The molecule has 0 saturated heterocycles. The fraction of sp³-hybridized carbons (Fsp3) is 0.333. The van der Waals surface area contributed by atoms with E-state index in [1.165, 1.54) is 6.92 Å². The first kappa shape index (κ1) is 10.3. The summed E-state index contributed by atoms with van der Waals surface area (Å²) in [4.78, 5) is 8.08. The van der Waals surface area contributed by atoms with Gasteiger partial charge in [-0.05, 0) is 6.92 Å². The van der Waals surface area contributed by atoms with E-state index in [2.05, 4.69) is 6.58 Å². The maximum atomic E-state index is 9.78. The predicted molar refractivity (Wildman–Crippen MR) is 33.3 cm³/mol. The zero-order chi connectivity index (χ0) is 5.15. The Morgan fingerprint density at radius 1 is 1.86 bits per heavy atom. The van der Waals surface area contributed by atoms with Crippen molar-refractivity contribution in [2.75, 3.05) is 0 Å². The zero-order valence-corrected chi connectivity index (χ0v) is 5.79. The minimum atomic E-state index is -2.40. The van der Waals surface area contributed by atoms with E-state index in [0.29, 0.717) is 5.31 Å². The molecule has 0 aromatic carbocycles. The third-order valence-corrected chi connectivity index (χ3v) is 1.10. The van der Waals surface area contributed by atoms with Crippen molar-refractivity contribution < 1.29 is 9.46 Å². The van der Waals surface area contributed by atoms with Gasteiger partial charge in [0.1, 0.15) is 0 Å². The van der Waals surface area contributed by atoms with Crippen molar-refractivity contribution in [1.29, 1.82) is 0 Å². The highest BCUT2D eigenvalue weighted by Crippen LogP contribution is 2.22. The molecule has 0 spiro atoms. The molecule has 1 atom stereocenters. The van der Waals surface area contributed by atoms with E-state index < -0.39 is 8.03 Å². The molecule has 0 fully saturated rings. The largest absolute Gasteiger partial charge is 0.343 e. The van der Waals surface area contributed by atoms with Gasteiger partial charge >= 0.3 is 0 Å². The van der Waals surface area contributed by atoms with Crippen molar-refractivity contribution in [3.05, 3.63) is 11.9 Å². The van der Waals surface area contributed by atoms with Gasteiger partial charge in [0.15, 0.2) is 0 Å². The van der Waals surface area contributed by atoms with E-state index in [1.54, 1.807) is 0 Å². The molecule has 44 valence electrons. The molecule has 0 bridgehead atoms. The maximum Gasteiger partial charge on any atom is 0.213 e. The van der Waals surface area contributed by atoms with Gasteiger partial charge in [0.05, 0.1) is 0 Å². The Bertz CT molecular complexity index is 78.9. The summed E-state index contributed by atoms with van der Waals surface area (Å²) in [7, 11) is -2.40. The highest BCUT2D eigenvalue weighted by molar-refractivity contribution is 7.43. The second-order valence-corrected chi connectivity index (χ2v) is 2.55. The molecule has 0 radical (unpaired) electrons. The molecule has 1 unspecified atom stereocenters. The number of rotatable bonds is 1. The number of hydrogen-bond acceptors (Lipinski definition) is 1. The molecule has 0 aliphatic rings. The van der Waals surface area contributed by atoms with Crippen molar-refractivity contribution >= 4 is 20.4 Å². The van der Waals surface area contributed by atoms with Gasteiger partial charge in [0.25, 0.3) is 0 Å². The molecule has 0 aromatic rings. The lowest BCUT2D eigenvalue weighted by molar-refractivity contribution is 0.510. The highest BCUT2D eigenvalue weighted by atomic mass is 35.5. The van der Waals surface area contributed by atoms with E-state index in [0.717, 1.165) is 0 Å². The molecule has 0 aliphatic carbocycles. The van der Waals surface area contributed by atoms with Gasteiger partial charge in [-0.15, -0.1) is 12.4 Å². The Balaban J connectivity index is 0. The first-order chi connectivity index (χ1) is 2.64. The SMILES string of the molecule is C=C(C)[PH](=O)O.Cl. The lowest BCUT2D eigenvalue weighted by Crippen LogP contribution is -1.54. The van der Waals surface area contributed by atoms with Crippen molar-refractivity contribution in [1.82, 2.24) is 0 Å². The number of allylic oxidation sites excluding steroid dienone is 1. The quantitative estimate of drug-likeness (QED) is 0.562. The fourth-order valence-corrected chi connectivity index (χ4v) is 0. The van der Waals surface area contributed by atoms with Crippen LogP contribution < -0.4 is 0 Å². The second-order valence-electron chi connectivity index (χ2n) is 1.09. The molecule has 0 saturated carbocycles. The van der Waals surface area contributed by atoms with Crippen LogP contribution in [-0.4, -0.2) is 4.89 Å². The summed E-state index contributed by atoms with van der Waals surface area (Å²) in [5.74, 6) is 0. The van der Waals surface area contributed by atoms with Crippen LogP contribution >= 0.6 is 20.4 Å². The van der Waals surface area contributed by atoms with Crippen molar-refractivity contribution in [2.24, 2.45) is 0 Å². The van der Waals surface area contributed by atoms with Gasteiger partial charge in [-0.3, -0.25) is 4.57 Å². The first-order valence-electron chi connectivity index (χ1n) is 1.53. The maximum absolute atomic E-state index is 9.78. The Morgan fingerprint density at radius 2 is 2.00 bits per heavy atom. The minimum Gasteiger partial charge on any atom is -0.343 e. The molecule has 0 heterocycles. The normalized spacial score (nSPS) is 11.7. The van der Waals surface area contributed by atoms with E-state index in [-0.39, 0.29) is 12.4 Å². The summed E-state index contributed by atoms with van der Waals surface area (Å²) in [6, 6.07) is 0. The van der Waals surface area contributed by atoms with E-state index in [1.807, 2.05) is 0 Å². The highest BCUT2D eigenvalue weighted by Gasteiger charge is 1.85. The molecule has 0 rings (SSSR count). The van der Waals surface area contributed by atoms with Crippen LogP contribution in [0.15, 0.2) is 11.9 Å². The molecule has 7 heavy (non-hydrogen) atoms. The standard InChI is InChI=1S/C3H7O2P.ClH/c1-3(2)6(4)5;/h6H,1H2,2H3,(H,4,5);1H. The van der Waals surface area contributed by atoms with Gasteiger partial charge in [-0.2, -0.15) is 0 Å². The molecule has 0 aliphatic heterocycles. The Hall–Kier alpha value is 0.220. The lowest BCUT2D eigenvalue weighted by Gasteiger charge is -1.82. The third kappa shape index (κ3) is 6.22. The predicted octanol–water partition coefficient (Wildman–Crippen LogP) is 1.41. The summed E-state index contributed by atoms with van der Waals surface area (Å²) in [6.07, 6.45) is 0. The Morgan fingerprint density at radius 3 is 2.00 bits per heavy atom. The van der Waals surface area contributed by atoms with E-state index in [9.17, 15) is 4.57 Å². The van der Waals surface area contributed by atoms with Crippen LogP contribution in [0.3, 0.4) is 0 Å². The van der Waals surface area contributed by atoms with Crippen LogP contribution in [0.25, 0.3) is 0 Å². The molecule has 4 heteroatoms. The summed E-state index contributed by atoms with van der Waals surface area (Å²) >= 11 is 0. The Kier molecular flexibility index (Phi) is 6.42. The van der Waals surface area contributed by atoms with Gasteiger partial charge in [0, 0.05) is 5.31 Å². The molecule has 0 amide bonds. The molecular formula is C3H8ClO2P. The molecule has 1 N–H and O–H groups in total. The van der Waals surface area contributed by atoms with Crippen LogP contribution in [0.5, 0.6) is 0 Å². The monoisotopic (exact) mass is 142 g/mol. The van der Waals surface area contributed by atoms with Gasteiger partial charge < -0.3 is 4.89 Å². The van der Waals surface area contributed by atoms with Crippen LogP contribution in [0.4, 0.5) is 0 Å². The van der Waals surface area contributed by atoms with Crippen LogP contribution in [0.1, 0.15) is 6.92 Å². The average molecular weight is 143 g/mol. The molecule has 2 nitrogen and oxygen atoms in total. The van der Waals surface area contributed by atoms with Crippen molar-refractivity contribution in [3.8, 4) is 0 Å². The van der Waals surface area contributed by atoms with Crippen LogP contribution in [0.2, 0.25) is 0 Å². The average Bonchev–Trinajstić information content (AvgIpc) is 1.36. The molecular weight excluding hydrogens is 134 g/mol. The van der Waals surface area contributed by atoms with Crippen molar-refractivity contribution in [2.45, 2.75) is 6.92 Å². The van der Waals surface area contributed by atoms with Crippen LogP contribution in [0, 0.1) is 0 Å². The molecule has 0 aromatic heterocycles. The fourth-order valence-electron chi connectivity index (χ4n) is 0. The number of halogens is 1. The summed E-state index contributed by atoms with van der Waals surface area (Å²) in [5, 5.41) is 0.361. The summed E-state index contributed by atoms with van der Waals surface area (Å²) in [6.45, 7) is 4.77. The van der Waals surface area contributed by atoms with Crippen molar-refractivity contribution in [3.63, 3.8) is 0 Å². The van der Waals surface area contributed by atoms with Crippen LogP contribution in [-0.2, 0) is 4.57 Å². The smallest absolute Gasteiger partial charge is 0.213 e. The van der Waals surface area contributed by atoms with Gasteiger partial charge in [-0.1, -0.05) is 6.58 Å². The number of hydrogen-bond donors (Lipinski definition) is 1. The summed E-state index contributed by atoms with van der Waals surface area (Å²) < 4.78 is 9.78. The second kappa shape index (κ2) is 4.38. The topological polar surface area (TPSA) is 37.3 Å². The zero-order valence-electron chi connectivity index (χ0n) is 3.97. The van der Waals surface area contributed by atoms with E-state index >= 15 is 0 Å². The summed E-state index contributed by atoms with van der Waals surface area (Å²) in [5.41, 5.74) is 0. The lowest BCUT2D eigenvalue weighted by atomic mass is 10.8. The minimum absolute atomic E-state index is 0. The Labute approximate surface area is 49.5 Å². The first-order valence-corrected chi connectivity index (χ1v) is 2.89.